The number of rotatable bonds is 8. The van der Waals surface area contributed by atoms with Crippen LogP contribution in [0.1, 0.15) is 0 Å². The van der Waals surface area contributed by atoms with E-state index >= 15 is 0 Å². The number of nitrogens with one attached hydrogen (secondary N) is 1. The van der Waals surface area contributed by atoms with Crippen LogP contribution in [0.3, 0.4) is 0 Å². The van der Waals surface area contributed by atoms with Crippen LogP contribution in [-0.2, 0) is 0 Å². The van der Waals surface area contributed by atoms with Gasteiger partial charge < -0.3 is 24.3 Å². The molecule has 0 unspecified atom stereocenters. The van der Waals surface area contributed by atoms with Crippen LogP contribution in [0.15, 0.2) is 47.4 Å². The predicted molar refractivity (Wildman–Crippen MR) is 99.5 cm³/mol. The number of ether oxygens (including phenoxy) is 4. The van der Waals surface area contributed by atoms with Crippen molar-refractivity contribution in [1.82, 2.24) is 5.32 Å². The summed E-state index contributed by atoms with van der Waals surface area (Å²) in [6.45, 7) is 2.85. The van der Waals surface area contributed by atoms with Gasteiger partial charge in [-0.25, -0.2) is 0 Å². The Labute approximate surface area is 152 Å². The van der Waals surface area contributed by atoms with Crippen LogP contribution >= 0.6 is 11.8 Å². The van der Waals surface area contributed by atoms with Crippen molar-refractivity contribution in [3.05, 3.63) is 42.5 Å². The SMILES string of the molecule is COc1cccc(OC)c1OCCNC[C@@H]1COc2ccccc2S1. The summed E-state index contributed by atoms with van der Waals surface area (Å²) in [6, 6.07) is 13.8. The maximum absolute atomic E-state index is 5.85. The monoisotopic (exact) mass is 361 g/mol. The van der Waals surface area contributed by atoms with E-state index in [1.54, 1.807) is 14.2 Å². The molecule has 1 N–H and O–H groups in total. The molecule has 0 fully saturated rings. The summed E-state index contributed by atoms with van der Waals surface area (Å²) < 4.78 is 22.3. The molecule has 2 aromatic rings. The molecule has 3 rings (SSSR count). The van der Waals surface area contributed by atoms with Crippen molar-refractivity contribution in [3.63, 3.8) is 0 Å². The van der Waals surface area contributed by atoms with E-state index in [4.69, 9.17) is 18.9 Å². The highest BCUT2D eigenvalue weighted by molar-refractivity contribution is 8.00. The van der Waals surface area contributed by atoms with Crippen LogP contribution in [0.25, 0.3) is 0 Å². The maximum Gasteiger partial charge on any atom is 0.203 e. The molecule has 0 aliphatic carbocycles. The summed E-state index contributed by atoms with van der Waals surface area (Å²) in [6.07, 6.45) is 0. The van der Waals surface area contributed by atoms with Gasteiger partial charge in [-0.3, -0.25) is 0 Å². The first kappa shape index (κ1) is 17.8. The molecular formula is C19H23NO4S. The molecule has 1 aliphatic rings. The topological polar surface area (TPSA) is 49.0 Å². The second-order valence-corrected chi connectivity index (χ2v) is 6.88. The summed E-state index contributed by atoms with van der Waals surface area (Å²) in [5.74, 6) is 2.97. The first-order chi connectivity index (χ1) is 12.3. The van der Waals surface area contributed by atoms with Crippen molar-refractivity contribution in [1.29, 1.82) is 0 Å². The van der Waals surface area contributed by atoms with E-state index in [9.17, 15) is 0 Å². The molecule has 0 bridgehead atoms. The van der Waals surface area contributed by atoms with E-state index in [0.29, 0.717) is 29.1 Å². The molecule has 0 aromatic heterocycles. The zero-order valence-electron chi connectivity index (χ0n) is 14.5. The normalized spacial score (nSPS) is 15.8. The molecule has 1 heterocycles. The molecule has 0 saturated heterocycles. The zero-order valence-corrected chi connectivity index (χ0v) is 15.3. The molecule has 1 atom stereocenters. The Morgan fingerprint density at radius 3 is 2.60 bits per heavy atom. The van der Waals surface area contributed by atoms with E-state index in [2.05, 4.69) is 11.4 Å². The van der Waals surface area contributed by atoms with Gasteiger partial charge in [-0.05, 0) is 24.3 Å². The molecular weight excluding hydrogens is 338 g/mol. The Hall–Kier alpha value is -2.05. The summed E-state index contributed by atoms with van der Waals surface area (Å²) in [5, 5.41) is 3.82. The predicted octanol–water partition coefficient (Wildman–Crippen LogP) is 3.23. The minimum absolute atomic E-state index is 0.399. The van der Waals surface area contributed by atoms with Crippen LogP contribution in [0.2, 0.25) is 0 Å². The second-order valence-electron chi connectivity index (χ2n) is 5.54. The molecule has 0 radical (unpaired) electrons. The highest BCUT2D eigenvalue weighted by Crippen LogP contribution is 2.37. The third kappa shape index (κ3) is 4.52. The maximum atomic E-state index is 5.85. The van der Waals surface area contributed by atoms with Gasteiger partial charge in [0.15, 0.2) is 11.5 Å². The highest BCUT2D eigenvalue weighted by atomic mass is 32.2. The Morgan fingerprint density at radius 2 is 1.84 bits per heavy atom. The number of fused-ring (bicyclic) bond motifs is 1. The van der Waals surface area contributed by atoms with Crippen LogP contribution in [0.5, 0.6) is 23.0 Å². The molecule has 0 spiro atoms. The summed E-state index contributed by atoms with van der Waals surface area (Å²) in [5.41, 5.74) is 0. The first-order valence-electron chi connectivity index (χ1n) is 8.25. The largest absolute Gasteiger partial charge is 0.493 e. The van der Waals surface area contributed by atoms with Crippen molar-refractivity contribution < 1.29 is 18.9 Å². The Kier molecular flexibility index (Phi) is 6.30. The van der Waals surface area contributed by atoms with Gasteiger partial charge in [0, 0.05) is 18.0 Å². The van der Waals surface area contributed by atoms with E-state index < -0.39 is 0 Å². The molecule has 0 amide bonds. The number of para-hydroxylation sites is 2. The molecule has 134 valence electrons. The third-order valence-electron chi connectivity index (χ3n) is 3.85. The fourth-order valence-corrected chi connectivity index (χ4v) is 3.71. The van der Waals surface area contributed by atoms with Gasteiger partial charge >= 0.3 is 0 Å². The number of hydrogen-bond acceptors (Lipinski definition) is 6. The van der Waals surface area contributed by atoms with E-state index in [1.807, 2.05) is 48.2 Å². The Bertz CT molecular complexity index is 673. The molecule has 2 aromatic carbocycles. The van der Waals surface area contributed by atoms with Crippen molar-refractivity contribution in [2.45, 2.75) is 10.1 Å². The average Bonchev–Trinajstić information content (AvgIpc) is 2.67. The zero-order chi connectivity index (χ0) is 17.5. The smallest absolute Gasteiger partial charge is 0.203 e. The van der Waals surface area contributed by atoms with Gasteiger partial charge in [0.25, 0.3) is 0 Å². The Balaban J connectivity index is 1.43. The summed E-state index contributed by atoms with van der Waals surface area (Å²) in [4.78, 5) is 1.20. The van der Waals surface area contributed by atoms with Crippen molar-refractivity contribution in [2.75, 3.05) is 40.5 Å². The first-order valence-corrected chi connectivity index (χ1v) is 9.12. The average molecular weight is 361 g/mol. The molecule has 1 aliphatic heterocycles. The molecule has 5 nitrogen and oxygen atoms in total. The van der Waals surface area contributed by atoms with Gasteiger partial charge in [0.2, 0.25) is 5.75 Å². The van der Waals surface area contributed by atoms with Crippen LogP contribution in [0.4, 0.5) is 0 Å². The molecule has 25 heavy (non-hydrogen) atoms. The van der Waals surface area contributed by atoms with Crippen molar-refractivity contribution in [2.24, 2.45) is 0 Å². The lowest BCUT2D eigenvalue weighted by molar-refractivity contribution is 0.269. The molecule has 0 saturated carbocycles. The lowest BCUT2D eigenvalue weighted by Gasteiger charge is -2.24. The summed E-state index contributed by atoms with van der Waals surface area (Å²) >= 11 is 1.86. The minimum Gasteiger partial charge on any atom is -0.493 e. The van der Waals surface area contributed by atoms with Gasteiger partial charge in [0.1, 0.15) is 19.0 Å². The molecule has 6 heteroatoms. The van der Waals surface area contributed by atoms with E-state index in [1.165, 1.54) is 4.90 Å². The van der Waals surface area contributed by atoms with Gasteiger partial charge in [-0.2, -0.15) is 0 Å². The number of thioether (sulfide) groups is 1. The summed E-state index contributed by atoms with van der Waals surface area (Å²) in [7, 11) is 3.25. The fraction of sp³-hybridized carbons (Fsp3) is 0.368. The standard InChI is InChI=1S/C19H23NO4S/c1-21-16-7-5-8-17(22-2)19(16)23-11-10-20-12-14-13-24-15-6-3-4-9-18(15)25-14/h3-9,14,20H,10-13H2,1-2H3/t14-/m1/s1. The van der Waals surface area contributed by atoms with Gasteiger partial charge in [-0.1, -0.05) is 18.2 Å². The van der Waals surface area contributed by atoms with Crippen LogP contribution < -0.4 is 24.3 Å². The van der Waals surface area contributed by atoms with E-state index in [0.717, 1.165) is 25.4 Å². The second kappa shape index (κ2) is 8.87. The highest BCUT2D eigenvalue weighted by Gasteiger charge is 2.19. The fourth-order valence-electron chi connectivity index (χ4n) is 2.61. The lowest BCUT2D eigenvalue weighted by atomic mass is 10.3. The van der Waals surface area contributed by atoms with Gasteiger partial charge in [0.05, 0.1) is 19.5 Å². The number of methoxy groups -OCH3 is 2. The van der Waals surface area contributed by atoms with Crippen molar-refractivity contribution in [3.8, 4) is 23.0 Å². The van der Waals surface area contributed by atoms with Crippen LogP contribution in [-0.4, -0.2) is 45.8 Å². The quantitative estimate of drug-likeness (QED) is 0.729. The van der Waals surface area contributed by atoms with Crippen molar-refractivity contribution >= 4 is 11.8 Å². The number of benzene rings is 2. The third-order valence-corrected chi connectivity index (χ3v) is 5.07. The van der Waals surface area contributed by atoms with Gasteiger partial charge in [-0.15, -0.1) is 11.8 Å². The number of hydrogen-bond donors (Lipinski definition) is 1. The minimum atomic E-state index is 0.399. The Morgan fingerprint density at radius 1 is 1.08 bits per heavy atom. The van der Waals surface area contributed by atoms with Crippen LogP contribution in [0, 0.1) is 0 Å². The van der Waals surface area contributed by atoms with E-state index in [-0.39, 0.29) is 0 Å². The lowest BCUT2D eigenvalue weighted by Crippen LogP contribution is -2.33.